The molecular weight excluding hydrogens is 333 g/mol. The first-order chi connectivity index (χ1) is 12.0. The number of aromatic nitrogens is 1. The van der Waals surface area contributed by atoms with E-state index in [-0.39, 0.29) is 18.9 Å². The minimum atomic E-state index is -1.34. The number of aliphatic imine (C=N–C) groups is 1. The van der Waals surface area contributed by atoms with Crippen molar-refractivity contribution in [2.24, 2.45) is 4.99 Å². The summed E-state index contributed by atoms with van der Waals surface area (Å²) in [4.78, 5) is 7.82. The monoisotopic (exact) mass is 346 g/mol. The summed E-state index contributed by atoms with van der Waals surface area (Å²) in [6.07, 6.45) is 4.96. The predicted octanol–water partition coefficient (Wildman–Crippen LogP) is 3.61. The molecule has 0 fully saturated rings. The average Bonchev–Trinajstić information content (AvgIpc) is 3.25. The Bertz CT molecular complexity index is 913. The van der Waals surface area contributed by atoms with Crippen LogP contribution >= 0.6 is 0 Å². The van der Waals surface area contributed by atoms with E-state index in [0.29, 0.717) is 11.5 Å². The van der Waals surface area contributed by atoms with Gasteiger partial charge in [-0.3, -0.25) is 4.99 Å². The van der Waals surface area contributed by atoms with Crippen molar-refractivity contribution in [2.75, 3.05) is 6.79 Å². The minimum Gasteiger partial charge on any atom is -0.454 e. The minimum absolute atomic E-state index is 0.139. The Morgan fingerprint density at radius 1 is 1.12 bits per heavy atom. The van der Waals surface area contributed by atoms with E-state index >= 15 is 0 Å². The molecule has 1 aromatic heterocycles. The molecule has 0 N–H and O–H groups in total. The fourth-order valence-corrected chi connectivity index (χ4v) is 3.02. The van der Waals surface area contributed by atoms with Crippen molar-refractivity contribution in [3.05, 3.63) is 64.8 Å². The molecule has 2 aromatic rings. The van der Waals surface area contributed by atoms with Crippen molar-refractivity contribution in [3.8, 4) is 11.5 Å². The van der Waals surface area contributed by atoms with Gasteiger partial charge in [0.1, 0.15) is 11.2 Å². The average molecular weight is 346 g/mol. The molecule has 7 heteroatoms. The number of allylic oxidation sites excluding steroid dienone is 1. The van der Waals surface area contributed by atoms with E-state index in [9.17, 15) is 13.2 Å². The van der Waals surface area contributed by atoms with Gasteiger partial charge in [-0.05, 0) is 36.8 Å². The molecule has 3 heterocycles. The van der Waals surface area contributed by atoms with Crippen molar-refractivity contribution in [1.82, 2.24) is 4.98 Å². The highest BCUT2D eigenvalue weighted by Crippen LogP contribution is 2.39. The van der Waals surface area contributed by atoms with Crippen LogP contribution in [0.25, 0.3) is 0 Å². The van der Waals surface area contributed by atoms with Gasteiger partial charge in [0.05, 0.1) is 0 Å². The highest BCUT2D eigenvalue weighted by atomic mass is 19.2. The second-order valence-corrected chi connectivity index (χ2v) is 5.93. The second-order valence-electron chi connectivity index (χ2n) is 5.93. The lowest BCUT2D eigenvalue weighted by Crippen LogP contribution is -2.27. The Labute approximate surface area is 141 Å². The predicted molar refractivity (Wildman–Crippen MR) is 84.4 cm³/mol. The van der Waals surface area contributed by atoms with Crippen LogP contribution in [0.4, 0.5) is 13.2 Å². The van der Waals surface area contributed by atoms with Gasteiger partial charge in [-0.25, -0.2) is 13.8 Å². The summed E-state index contributed by atoms with van der Waals surface area (Å²) >= 11 is 0. The number of fused-ring (bicyclic) bond motifs is 1. The number of hydrogen-bond acceptors (Lipinski definition) is 4. The number of benzene rings is 1. The Morgan fingerprint density at radius 3 is 2.68 bits per heavy atom. The lowest BCUT2D eigenvalue weighted by Gasteiger charge is -2.25. The summed E-state index contributed by atoms with van der Waals surface area (Å²) in [5.41, 5.74) is -1.12. The van der Waals surface area contributed by atoms with Gasteiger partial charge in [0, 0.05) is 18.2 Å². The number of rotatable bonds is 3. The van der Waals surface area contributed by atoms with E-state index in [1.54, 1.807) is 30.4 Å². The molecule has 1 aromatic carbocycles. The topological polar surface area (TPSA) is 43.7 Å². The van der Waals surface area contributed by atoms with Crippen LogP contribution in [0, 0.1) is 24.5 Å². The Kier molecular flexibility index (Phi) is 3.52. The zero-order valence-electron chi connectivity index (χ0n) is 13.2. The lowest BCUT2D eigenvalue weighted by atomic mass is 9.87. The number of hydrogen-bond donors (Lipinski definition) is 0. The van der Waals surface area contributed by atoms with Crippen LogP contribution in [-0.4, -0.2) is 18.0 Å². The second kappa shape index (κ2) is 5.61. The van der Waals surface area contributed by atoms with Crippen molar-refractivity contribution in [3.63, 3.8) is 0 Å². The molecule has 4 rings (SSSR count). The molecule has 2 aliphatic rings. The van der Waals surface area contributed by atoms with E-state index in [2.05, 4.69) is 9.98 Å². The van der Waals surface area contributed by atoms with Gasteiger partial charge in [0.15, 0.2) is 23.1 Å². The maximum absolute atomic E-state index is 14.6. The molecule has 1 atom stereocenters. The van der Waals surface area contributed by atoms with Gasteiger partial charge in [-0.15, -0.1) is 0 Å². The maximum Gasteiger partial charge on any atom is 0.249 e. The zero-order valence-corrected chi connectivity index (χ0v) is 13.2. The Morgan fingerprint density at radius 2 is 1.92 bits per heavy atom. The molecule has 128 valence electrons. The molecule has 0 bridgehead atoms. The fourth-order valence-electron chi connectivity index (χ4n) is 3.02. The molecule has 25 heavy (non-hydrogen) atoms. The standard InChI is InChI=1S/C18H13F3N2O2/c1-10-14(19)16(23-17(21)15(10)20)18(5-2-6-22-18)8-11-3-4-12-13(7-11)25-9-24-12/h2-7H,8-9H2,1H3. The van der Waals surface area contributed by atoms with Crippen LogP contribution < -0.4 is 9.47 Å². The molecule has 0 radical (unpaired) electrons. The van der Waals surface area contributed by atoms with Gasteiger partial charge in [0.2, 0.25) is 12.7 Å². The van der Waals surface area contributed by atoms with Crippen LogP contribution in [-0.2, 0) is 12.0 Å². The first kappa shape index (κ1) is 15.7. The number of pyridine rings is 1. The summed E-state index contributed by atoms with van der Waals surface area (Å²) in [5.74, 6) is -2.33. The SMILES string of the molecule is Cc1c(F)c(F)nc(C2(Cc3ccc4c(c3)OCO4)C=CC=N2)c1F. The van der Waals surface area contributed by atoms with E-state index in [1.807, 2.05) is 0 Å². The van der Waals surface area contributed by atoms with Crippen molar-refractivity contribution >= 4 is 6.21 Å². The Hall–Kier alpha value is -2.83. The summed E-state index contributed by atoms with van der Waals surface area (Å²) in [7, 11) is 0. The molecule has 2 aliphatic heterocycles. The smallest absolute Gasteiger partial charge is 0.249 e. The zero-order chi connectivity index (χ0) is 17.6. The molecule has 0 spiro atoms. The molecule has 0 saturated heterocycles. The largest absolute Gasteiger partial charge is 0.454 e. The third-order valence-electron chi connectivity index (χ3n) is 4.34. The van der Waals surface area contributed by atoms with E-state index in [1.165, 1.54) is 13.1 Å². The van der Waals surface area contributed by atoms with E-state index in [4.69, 9.17) is 9.47 Å². The fraction of sp³-hybridized carbons (Fsp3) is 0.222. The number of halogens is 3. The summed E-state index contributed by atoms with van der Waals surface area (Å²) in [6, 6.07) is 5.30. The van der Waals surface area contributed by atoms with Gasteiger partial charge >= 0.3 is 0 Å². The third-order valence-corrected chi connectivity index (χ3v) is 4.34. The van der Waals surface area contributed by atoms with Crippen molar-refractivity contribution in [2.45, 2.75) is 18.9 Å². The van der Waals surface area contributed by atoms with Crippen LogP contribution in [0.15, 0.2) is 35.3 Å². The van der Waals surface area contributed by atoms with Crippen molar-refractivity contribution in [1.29, 1.82) is 0 Å². The van der Waals surface area contributed by atoms with Crippen LogP contribution in [0.2, 0.25) is 0 Å². The normalized spacial score (nSPS) is 20.5. The number of nitrogens with zero attached hydrogens (tertiary/aromatic N) is 2. The quantitative estimate of drug-likeness (QED) is 0.798. The summed E-state index contributed by atoms with van der Waals surface area (Å²) < 4.78 is 52.6. The molecule has 0 amide bonds. The van der Waals surface area contributed by atoms with Crippen LogP contribution in [0.1, 0.15) is 16.8 Å². The van der Waals surface area contributed by atoms with Gasteiger partial charge < -0.3 is 9.47 Å². The summed E-state index contributed by atoms with van der Waals surface area (Å²) in [6.45, 7) is 1.32. The van der Waals surface area contributed by atoms with E-state index in [0.717, 1.165) is 5.56 Å². The van der Waals surface area contributed by atoms with Gasteiger partial charge in [-0.2, -0.15) is 4.39 Å². The molecule has 4 nitrogen and oxygen atoms in total. The van der Waals surface area contributed by atoms with Crippen LogP contribution in [0.5, 0.6) is 11.5 Å². The molecule has 0 saturated carbocycles. The van der Waals surface area contributed by atoms with Gasteiger partial charge in [-0.1, -0.05) is 6.07 Å². The number of ether oxygens (including phenoxy) is 2. The molecule has 0 aliphatic carbocycles. The molecular formula is C18H13F3N2O2. The van der Waals surface area contributed by atoms with Crippen LogP contribution in [0.3, 0.4) is 0 Å². The lowest BCUT2D eigenvalue weighted by molar-refractivity contribution is 0.174. The highest BCUT2D eigenvalue weighted by Gasteiger charge is 2.37. The maximum atomic E-state index is 14.6. The molecule has 1 unspecified atom stereocenters. The first-order valence-corrected chi connectivity index (χ1v) is 7.63. The Balaban J connectivity index is 1.79. The first-order valence-electron chi connectivity index (χ1n) is 7.63. The highest BCUT2D eigenvalue weighted by molar-refractivity contribution is 5.76. The van der Waals surface area contributed by atoms with Crippen molar-refractivity contribution < 1.29 is 22.6 Å². The van der Waals surface area contributed by atoms with E-state index < -0.39 is 28.7 Å². The third kappa shape index (κ3) is 2.47. The van der Waals surface area contributed by atoms with Gasteiger partial charge in [0.25, 0.3) is 0 Å². The summed E-state index contributed by atoms with van der Waals surface area (Å²) in [5, 5.41) is 0.